The van der Waals surface area contributed by atoms with Gasteiger partial charge in [-0.3, -0.25) is 4.99 Å². The van der Waals surface area contributed by atoms with Gasteiger partial charge in [0.05, 0.1) is 12.9 Å². The third-order valence-corrected chi connectivity index (χ3v) is 4.13. The Labute approximate surface area is 143 Å². The second-order valence-electron chi connectivity index (χ2n) is 5.87. The first kappa shape index (κ1) is 16.4. The van der Waals surface area contributed by atoms with Crippen LogP contribution >= 0.6 is 0 Å². The first-order valence-electron chi connectivity index (χ1n) is 8.50. The van der Waals surface area contributed by atoms with Crippen LogP contribution in [0.15, 0.2) is 41.9 Å². The van der Waals surface area contributed by atoms with E-state index in [4.69, 9.17) is 4.74 Å². The summed E-state index contributed by atoms with van der Waals surface area (Å²) in [5, 5.41) is 6.71. The molecular formula is C18H25N5O. The number of rotatable bonds is 7. The highest BCUT2D eigenvalue weighted by Crippen LogP contribution is 2.25. The SMILES string of the molecule is CN=C(NCCCn1ccnc1)NCCc1ccc2c(c1)CCO2. The number of benzene rings is 1. The molecule has 6 heteroatoms. The van der Waals surface area contributed by atoms with Gasteiger partial charge in [-0.05, 0) is 30.0 Å². The fourth-order valence-electron chi connectivity index (χ4n) is 2.83. The van der Waals surface area contributed by atoms with Crippen molar-refractivity contribution in [2.45, 2.75) is 25.8 Å². The molecule has 2 N–H and O–H groups in total. The average molecular weight is 327 g/mol. The van der Waals surface area contributed by atoms with Crippen LogP contribution in [-0.4, -0.2) is 42.3 Å². The van der Waals surface area contributed by atoms with Gasteiger partial charge in [0.25, 0.3) is 0 Å². The van der Waals surface area contributed by atoms with E-state index >= 15 is 0 Å². The van der Waals surface area contributed by atoms with E-state index in [0.29, 0.717) is 0 Å². The Morgan fingerprint density at radius 3 is 3.08 bits per heavy atom. The van der Waals surface area contributed by atoms with Crippen molar-refractivity contribution < 1.29 is 4.74 Å². The standard InChI is InChI=1S/C18H25N5O/c1-19-18(21-7-2-10-23-11-9-20-14-23)22-8-5-15-3-4-17-16(13-15)6-12-24-17/h3-4,9,11,13-14H,2,5-8,10,12H2,1H3,(H2,19,21,22). The van der Waals surface area contributed by atoms with Gasteiger partial charge in [-0.15, -0.1) is 0 Å². The number of imidazole rings is 1. The Balaban J connectivity index is 1.35. The summed E-state index contributed by atoms with van der Waals surface area (Å²) in [5.74, 6) is 1.90. The summed E-state index contributed by atoms with van der Waals surface area (Å²) in [5.41, 5.74) is 2.66. The molecule has 1 aliphatic heterocycles. The number of nitrogens with zero attached hydrogens (tertiary/aromatic N) is 3. The number of aliphatic imine (C=N–C) groups is 1. The van der Waals surface area contributed by atoms with E-state index in [1.807, 2.05) is 12.5 Å². The van der Waals surface area contributed by atoms with Gasteiger partial charge in [0, 0.05) is 45.5 Å². The van der Waals surface area contributed by atoms with E-state index in [0.717, 1.165) is 57.2 Å². The molecule has 0 bridgehead atoms. The highest BCUT2D eigenvalue weighted by atomic mass is 16.5. The lowest BCUT2D eigenvalue weighted by molar-refractivity contribution is 0.357. The highest BCUT2D eigenvalue weighted by Gasteiger charge is 2.11. The highest BCUT2D eigenvalue weighted by molar-refractivity contribution is 5.79. The molecule has 0 saturated carbocycles. The first-order chi connectivity index (χ1) is 11.8. The molecule has 0 saturated heterocycles. The van der Waals surface area contributed by atoms with Crippen molar-refractivity contribution >= 4 is 5.96 Å². The van der Waals surface area contributed by atoms with Crippen LogP contribution in [0.25, 0.3) is 0 Å². The lowest BCUT2D eigenvalue weighted by Gasteiger charge is -2.12. The minimum Gasteiger partial charge on any atom is -0.493 e. The van der Waals surface area contributed by atoms with Crippen LogP contribution in [-0.2, 0) is 19.4 Å². The smallest absolute Gasteiger partial charge is 0.190 e. The fourth-order valence-corrected chi connectivity index (χ4v) is 2.83. The van der Waals surface area contributed by atoms with Crippen LogP contribution in [0.3, 0.4) is 0 Å². The summed E-state index contributed by atoms with van der Waals surface area (Å²) in [6, 6.07) is 6.49. The van der Waals surface area contributed by atoms with Gasteiger partial charge in [0.15, 0.2) is 5.96 Å². The van der Waals surface area contributed by atoms with E-state index < -0.39 is 0 Å². The van der Waals surface area contributed by atoms with Gasteiger partial charge in [0.1, 0.15) is 5.75 Å². The molecule has 6 nitrogen and oxygen atoms in total. The van der Waals surface area contributed by atoms with Gasteiger partial charge < -0.3 is 19.9 Å². The lowest BCUT2D eigenvalue weighted by atomic mass is 10.1. The molecule has 128 valence electrons. The van der Waals surface area contributed by atoms with E-state index in [1.165, 1.54) is 11.1 Å². The zero-order chi connectivity index (χ0) is 16.6. The summed E-state index contributed by atoms with van der Waals surface area (Å²) in [6.07, 6.45) is 8.66. The number of aryl methyl sites for hydroxylation is 1. The number of hydrogen-bond acceptors (Lipinski definition) is 3. The molecule has 0 atom stereocenters. The van der Waals surface area contributed by atoms with Crippen LogP contribution in [0.1, 0.15) is 17.5 Å². The number of guanidine groups is 1. The minimum absolute atomic E-state index is 0.812. The molecule has 3 rings (SSSR count). The predicted octanol–water partition coefficient (Wildman–Crippen LogP) is 1.62. The molecule has 0 aliphatic carbocycles. The Hall–Kier alpha value is -2.50. The maximum atomic E-state index is 5.54. The molecule has 1 aliphatic rings. The Morgan fingerprint density at radius 1 is 1.33 bits per heavy atom. The summed E-state index contributed by atoms with van der Waals surface area (Å²) >= 11 is 0. The topological polar surface area (TPSA) is 63.5 Å². The molecule has 24 heavy (non-hydrogen) atoms. The van der Waals surface area contributed by atoms with Gasteiger partial charge in [-0.1, -0.05) is 12.1 Å². The molecule has 2 heterocycles. The number of nitrogens with one attached hydrogen (secondary N) is 2. The van der Waals surface area contributed by atoms with Crippen molar-refractivity contribution in [3.8, 4) is 5.75 Å². The summed E-state index contributed by atoms with van der Waals surface area (Å²) in [7, 11) is 1.80. The summed E-state index contributed by atoms with van der Waals surface area (Å²) < 4.78 is 7.62. The molecule has 1 aromatic carbocycles. The average Bonchev–Trinajstić information content (AvgIpc) is 3.27. The third kappa shape index (κ3) is 4.50. The van der Waals surface area contributed by atoms with E-state index in [2.05, 4.69) is 43.4 Å². The molecule has 0 radical (unpaired) electrons. The van der Waals surface area contributed by atoms with Crippen molar-refractivity contribution in [3.63, 3.8) is 0 Å². The maximum absolute atomic E-state index is 5.54. The number of hydrogen-bond donors (Lipinski definition) is 2. The predicted molar refractivity (Wildman–Crippen MR) is 95.6 cm³/mol. The first-order valence-corrected chi connectivity index (χ1v) is 8.50. The molecule has 1 aromatic heterocycles. The fraction of sp³-hybridized carbons (Fsp3) is 0.444. The van der Waals surface area contributed by atoms with Crippen LogP contribution in [0.2, 0.25) is 0 Å². The molecular weight excluding hydrogens is 302 g/mol. The van der Waals surface area contributed by atoms with E-state index in [9.17, 15) is 0 Å². The second kappa shape index (κ2) is 8.38. The normalized spacial score (nSPS) is 13.5. The van der Waals surface area contributed by atoms with Gasteiger partial charge in [-0.2, -0.15) is 0 Å². The van der Waals surface area contributed by atoms with Crippen LogP contribution in [0, 0.1) is 0 Å². The van der Waals surface area contributed by atoms with Gasteiger partial charge in [-0.25, -0.2) is 4.98 Å². The quantitative estimate of drug-likeness (QED) is 0.461. The van der Waals surface area contributed by atoms with Gasteiger partial charge >= 0.3 is 0 Å². The molecule has 0 unspecified atom stereocenters. The van der Waals surface area contributed by atoms with E-state index in [1.54, 1.807) is 13.2 Å². The second-order valence-corrected chi connectivity index (χ2v) is 5.87. The molecule has 0 spiro atoms. The van der Waals surface area contributed by atoms with Crippen LogP contribution < -0.4 is 15.4 Å². The summed E-state index contributed by atoms with van der Waals surface area (Å²) in [6.45, 7) is 3.52. The third-order valence-electron chi connectivity index (χ3n) is 4.13. The van der Waals surface area contributed by atoms with Crippen molar-refractivity contribution in [1.29, 1.82) is 0 Å². The Morgan fingerprint density at radius 2 is 2.25 bits per heavy atom. The molecule has 0 amide bonds. The molecule has 2 aromatic rings. The maximum Gasteiger partial charge on any atom is 0.190 e. The number of aromatic nitrogens is 2. The zero-order valence-electron chi connectivity index (χ0n) is 14.2. The molecule has 0 fully saturated rings. The Bertz CT molecular complexity index is 666. The lowest BCUT2D eigenvalue weighted by Crippen LogP contribution is -2.38. The van der Waals surface area contributed by atoms with Crippen molar-refractivity contribution in [2.24, 2.45) is 4.99 Å². The zero-order valence-corrected chi connectivity index (χ0v) is 14.2. The van der Waals surface area contributed by atoms with Crippen molar-refractivity contribution in [2.75, 3.05) is 26.7 Å². The number of fused-ring (bicyclic) bond motifs is 1. The monoisotopic (exact) mass is 327 g/mol. The largest absolute Gasteiger partial charge is 0.493 e. The van der Waals surface area contributed by atoms with Crippen LogP contribution in [0.5, 0.6) is 5.75 Å². The number of ether oxygens (including phenoxy) is 1. The van der Waals surface area contributed by atoms with E-state index in [-0.39, 0.29) is 0 Å². The van der Waals surface area contributed by atoms with Crippen molar-refractivity contribution in [1.82, 2.24) is 20.2 Å². The minimum atomic E-state index is 0.812. The van der Waals surface area contributed by atoms with Crippen LogP contribution in [0.4, 0.5) is 0 Å². The van der Waals surface area contributed by atoms with Crippen molar-refractivity contribution in [3.05, 3.63) is 48.0 Å². The van der Waals surface area contributed by atoms with Gasteiger partial charge in [0.2, 0.25) is 0 Å². The summed E-state index contributed by atoms with van der Waals surface area (Å²) in [4.78, 5) is 8.31. The Kier molecular flexibility index (Phi) is 5.71.